The molecule has 0 bridgehead atoms. The van der Waals surface area contributed by atoms with Crippen LogP contribution >= 0.6 is 0 Å². The number of hydroxylamine groups is 1. The Labute approximate surface area is 149 Å². The lowest BCUT2D eigenvalue weighted by Gasteiger charge is -2.38. The highest BCUT2D eigenvalue weighted by molar-refractivity contribution is 5.93. The predicted octanol–water partition coefficient (Wildman–Crippen LogP) is 0.993. The highest BCUT2D eigenvalue weighted by Crippen LogP contribution is 2.21. The van der Waals surface area contributed by atoms with E-state index in [0.29, 0.717) is 26.1 Å². The third-order valence-electron chi connectivity index (χ3n) is 4.57. The third kappa shape index (κ3) is 6.62. The summed E-state index contributed by atoms with van der Waals surface area (Å²) in [5.41, 5.74) is 1.61. The van der Waals surface area contributed by atoms with Crippen LogP contribution < -0.4 is 10.8 Å². The zero-order valence-electron chi connectivity index (χ0n) is 15.6. The molecule has 0 radical (unpaired) electrons. The van der Waals surface area contributed by atoms with Crippen molar-refractivity contribution >= 4 is 17.7 Å². The number of carbonyl (C=O) groups excluding carboxylic acids is 3. The summed E-state index contributed by atoms with van der Waals surface area (Å²) in [5, 5.41) is 12.0. The average Bonchev–Trinajstić information content (AvgIpc) is 2.62. The SMILES string of the molecule is CCCCCC[C@H](CC(=O)NO)C(=O)[C@@H]1CNCCN1C(=O)N(C)C. The van der Waals surface area contributed by atoms with Gasteiger partial charge in [0.05, 0.1) is 0 Å². The van der Waals surface area contributed by atoms with Crippen LogP contribution in [0.25, 0.3) is 0 Å². The van der Waals surface area contributed by atoms with Crippen LogP contribution in [0.5, 0.6) is 0 Å². The second kappa shape index (κ2) is 11.0. The molecule has 0 unspecified atom stereocenters. The standard InChI is InChI=1S/C17H32N4O4/c1-4-5-6-7-8-13(11-15(22)19-25)16(23)14-12-18-9-10-21(14)17(24)20(2)3/h13-14,18,25H,4-12H2,1-3H3,(H,19,22)/t13-,14+/m1/s1. The first kappa shape index (κ1) is 21.4. The molecule has 8 nitrogen and oxygen atoms in total. The normalized spacial score (nSPS) is 18.6. The monoisotopic (exact) mass is 356 g/mol. The molecule has 1 heterocycles. The van der Waals surface area contributed by atoms with Gasteiger partial charge in [-0.2, -0.15) is 0 Å². The second-order valence-electron chi connectivity index (χ2n) is 6.78. The van der Waals surface area contributed by atoms with E-state index in [4.69, 9.17) is 5.21 Å². The number of hydrogen-bond donors (Lipinski definition) is 3. The van der Waals surface area contributed by atoms with Crippen LogP contribution in [-0.4, -0.2) is 72.5 Å². The van der Waals surface area contributed by atoms with Gasteiger partial charge in [0.1, 0.15) is 6.04 Å². The molecule has 0 aromatic carbocycles. The van der Waals surface area contributed by atoms with E-state index in [1.165, 1.54) is 4.90 Å². The van der Waals surface area contributed by atoms with E-state index in [1.807, 2.05) is 0 Å². The van der Waals surface area contributed by atoms with Gasteiger partial charge in [-0.1, -0.05) is 32.6 Å². The van der Waals surface area contributed by atoms with E-state index < -0.39 is 17.9 Å². The van der Waals surface area contributed by atoms with E-state index in [1.54, 1.807) is 24.5 Å². The maximum absolute atomic E-state index is 13.0. The molecule has 3 amide bonds. The minimum Gasteiger partial charge on any atom is -0.331 e. The van der Waals surface area contributed by atoms with Crippen LogP contribution in [0.3, 0.4) is 0 Å². The van der Waals surface area contributed by atoms with Crippen molar-refractivity contribution in [2.45, 2.75) is 51.5 Å². The van der Waals surface area contributed by atoms with Gasteiger partial charge in [-0.05, 0) is 6.42 Å². The summed E-state index contributed by atoms with van der Waals surface area (Å²) in [6, 6.07) is -0.775. The van der Waals surface area contributed by atoms with Crippen molar-refractivity contribution in [3.05, 3.63) is 0 Å². The van der Waals surface area contributed by atoms with E-state index in [-0.39, 0.29) is 18.2 Å². The van der Waals surface area contributed by atoms with Crippen molar-refractivity contribution in [3.8, 4) is 0 Å². The van der Waals surface area contributed by atoms with Gasteiger partial charge in [0, 0.05) is 46.1 Å². The summed E-state index contributed by atoms with van der Waals surface area (Å²) >= 11 is 0. The first-order valence-electron chi connectivity index (χ1n) is 9.07. The molecule has 8 heteroatoms. The topological polar surface area (TPSA) is 102 Å². The number of Topliss-reactive ketones (excluding diaryl/α,β-unsaturated/α-hetero) is 1. The number of piperazine rings is 1. The fourth-order valence-corrected chi connectivity index (χ4v) is 3.15. The Morgan fingerprint density at radius 1 is 1.28 bits per heavy atom. The number of hydrogen-bond acceptors (Lipinski definition) is 5. The number of urea groups is 1. The van der Waals surface area contributed by atoms with Gasteiger partial charge in [0.25, 0.3) is 0 Å². The zero-order chi connectivity index (χ0) is 18.8. The summed E-state index contributed by atoms with van der Waals surface area (Å²) < 4.78 is 0. The van der Waals surface area contributed by atoms with E-state index >= 15 is 0 Å². The maximum atomic E-state index is 13.0. The molecular weight excluding hydrogens is 324 g/mol. The molecular formula is C17H32N4O4. The molecule has 1 aliphatic rings. The summed E-state index contributed by atoms with van der Waals surface area (Å²) in [7, 11) is 3.32. The Morgan fingerprint density at radius 2 is 2.00 bits per heavy atom. The minimum absolute atomic E-state index is 0.0536. The second-order valence-corrected chi connectivity index (χ2v) is 6.78. The molecule has 0 aromatic rings. The number of amides is 3. The molecule has 144 valence electrons. The molecule has 1 aliphatic heterocycles. The fourth-order valence-electron chi connectivity index (χ4n) is 3.15. The molecule has 2 atom stereocenters. The quantitative estimate of drug-likeness (QED) is 0.325. The van der Waals surface area contributed by atoms with E-state index in [9.17, 15) is 14.4 Å². The number of nitrogens with zero attached hydrogens (tertiary/aromatic N) is 2. The van der Waals surface area contributed by atoms with Gasteiger partial charge in [0.15, 0.2) is 5.78 Å². The van der Waals surface area contributed by atoms with Crippen LogP contribution in [0, 0.1) is 5.92 Å². The number of rotatable bonds is 9. The van der Waals surface area contributed by atoms with Crippen LogP contribution in [-0.2, 0) is 9.59 Å². The van der Waals surface area contributed by atoms with Crippen molar-refractivity contribution in [2.24, 2.45) is 5.92 Å². The Balaban J connectivity index is 2.83. The van der Waals surface area contributed by atoms with Gasteiger partial charge < -0.3 is 15.1 Å². The van der Waals surface area contributed by atoms with Crippen LogP contribution in [0.1, 0.15) is 45.4 Å². The van der Waals surface area contributed by atoms with Gasteiger partial charge in [-0.25, -0.2) is 10.3 Å². The summed E-state index contributed by atoms with van der Waals surface area (Å²) in [5.74, 6) is -1.17. The lowest BCUT2D eigenvalue weighted by Crippen LogP contribution is -2.60. The first-order valence-corrected chi connectivity index (χ1v) is 9.07. The van der Waals surface area contributed by atoms with Gasteiger partial charge in [-0.3, -0.25) is 14.8 Å². The van der Waals surface area contributed by atoms with Crippen LogP contribution in [0.15, 0.2) is 0 Å². The third-order valence-corrected chi connectivity index (χ3v) is 4.57. The van der Waals surface area contributed by atoms with Crippen molar-refractivity contribution in [3.63, 3.8) is 0 Å². The lowest BCUT2D eigenvalue weighted by atomic mass is 9.88. The molecule has 25 heavy (non-hydrogen) atoms. The summed E-state index contributed by atoms with van der Waals surface area (Å²) in [6.07, 6.45) is 4.57. The molecule has 0 spiro atoms. The fraction of sp³-hybridized carbons (Fsp3) is 0.824. The number of unbranched alkanes of at least 4 members (excludes halogenated alkanes) is 3. The predicted molar refractivity (Wildman–Crippen MR) is 94.2 cm³/mol. The number of carbonyl (C=O) groups is 3. The van der Waals surface area contributed by atoms with E-state index in [0.717, 1.165) is 25.7 Å². The van der Waals surface area contributed by atoms with Crippen LogP contribution in [0.4, 0.5) is 4.79 Å². The smallest absolute Gasteiger partial charge is 0.320 e. The zero-order valence-corrected chi connectivity index (χ0v) is 15.6. The minimum atomic E-state index is -0.577. The highest BCUT2D eigenvalue weighted by atomic mass is 16.5. The van der Waals surface area contributed by atoms with Crippen molar-refractivity contribution in [1.82, 2.24) is 20.6 Å². The van der Waals surface area contributed by atoms with Crippen molar-refractivity contribution in [2.75, 3.05) is 33.7 Å². The van der Waals surface area contributed by atoms with Gasteiger partial charge >= 0.3 is 6.03 Å². The molecule has 3 N–H and O–H groups in total. The molecule has 0 saturated carbocycles. The largest absolute Gasteiger partial charge is 0.331 e. The van der Waals surface area contributed by atoms with Crippen molar-refractivity contribution in [1.29, 1.82) is 0 Å². The molecule has 0 aliphatic carbocycles. The first-order chi connectivity index (χ1) is 11.9. The summed E-state index contributed by atoms with van der Waals surface area (Å²) in [4.78, 5) is 40.0. The van der Waals surface area contributed by atoms with Crippen LogP contribution in [0.2, 0.25) is 0 Å². The summed E-state index contributed by atoms with van der Waals surface area (Å²) in [6.45, 7) is 3.61. The highest BCUT2D eigenvalue weighted by Gasteiger charge is 2.36. The molecule has 1 rings (SSSR count). The Kier molecular flexibility index (Phi) is 9.44. The molecule has 1 saturated heterocycles. The van der Waals surface area contributed by atoms with Gasteiger partial charge in [-0.15, -0.1) is 0 Å². The number of ketones is 1. The van der Waals surface area contributed by atoms with E-state index in [2.05, 4.69) is 12.2 Å². The average molecular weight is 356 g/mol. The lowest BCUT2D eigenvalue weighted by molar-refractivity contribution is -0.136. The Bertz CT molecular complexity index is 456. The molecule has 0 aromatic heterocycles. The number of nitrogens with one attached hydrogen (secondary N) is 2. The molecule has 1 fully saturated rings. The Hall–Kier alpha value is -1.67. The van der Waals surface area contributed by atoms with Gasteiger partial charge in [0.2, 0.25) is 5.91 Å². The Morgan fingerprint density at radius 3 is 2.60 bits per heavy atom. The van der Waals surface area contributed by atoms with Crippen molar-refractivity contribution < 1.29 is 19.6 Å². The maximum Gasteiger partial charge on any atom is 0.320 e.